The molecule has 0 unspecified atom stereocenters. The summed E-state index contributed by atoms with van der Waals surface area (Å²) in [5.41, 5.74) is 0.794. The van der Waals surface area contributed by atoms with Crippen molar-refractivity contribution in [3.05, 3.63) is 53.0 Å². The van der Waals surface area contributed by atoms with Crippen molar-refractivity contribution in [2.24, 2.45) is 0 Å². The molecule has 0 aromatic heterocycles. The van der Waals surface area contributed by atoms with E-state index in [-0.39, 0.29) is 5.70 Å². The monoisotopic (exact) mass is 187 g/mol. The largest absolute Gasteiger partial charge is 0.474 e. The lowest BCUT2D eigenvalue weighted by molar-refractivity contribution is -0.135. The molecule has 1 rings (SSSR count). The summed E-state index contributed by atoms with van der Waals surface area (Å²) in [6.07, 6.45) is 1.50. The van der Waals surface area contributed by atoms with Crippen molar-refractivity contribution in [2.45, 2.75) is 0 Å². The van der Waals surface area contributed by atoms with Gasteiger partial charge in [-0.3, -0.25) is 4.79 Å². The van der Waals surface area contributed by atoms with Gasteiger partial charge in [-0.1, -0.05) is 30.3 Å². The van der Waals surface area contributed by atoms with Crippen LogP contribution in [0.15, 0.2) is 36.0 Å². The fourth-order valence-electron chi connectivity index (χ4n) is 0.949. The number of ether oxygens (including phenoxy) is 1. The van der Waals surface area contributed by atoms with Crippen molar-refractivity contribution >= 4 is 12.0 Å². The highest BCUT2D eigenvalue weighted by Gasteiger charge is 2.08. The Balaban J connectivity index is 2.97. The van der Waals surface area contributed by atoms with Crippen LogP contribution in [0.3, 0.4) is 0 Å². The molecule has 70 valence electrons. The van der Waals surface area contributed by atoms with E-state index in [0.29, 0.717) is 0 Å². The van der Waals surface area contributed by atoms with E-state index in [1.54, 1.807) is 0 Å². The molecule has 3 heteroatoms. The van der Waals surface area contributed by atoms with Gasteiger partial charge >= 0.3 is 5.97 Å². The second-order valence-electron chi connectivity index (χ2n) is 2.54. The fraction of sp³-hybridized carbons (Fsp3) is 0.0909. The maximum atomic E-state index is 11.0. The van der Waals surface area contributed by atoms with Crippen LogP contribution in [0, 0.1) is 6.57 Å². The van der Waals surface area contributed by atoms with Crippen molar-refractivity contribution in [1.82, 2.24) is 0 Å². The van der Waals surface area contributed by atoms with Gasteiger partial charge in [0, 0.05) is 0 Å². The first-order valence-electron chi connectivity index (χ1n) is 4.00. The second kappa shape index (κ2) is 4.83. The van der Waals surface area contributed by atoms with Crippen LogP contribution in [0.1, 0.15) is 5.56 Å². The molecule has 0 N–H and O–H groups in total. The van der Waals surface area contributed by atoms with Gasteiger partial charge in [0.1, 0.15) is 0 Å². The van der Waals surface area contributed by atoms with Crippen molar-refractivity contribution in [3.8, 4) is 0 Å². The lowest BCUT2D eigenvalue weighted by Crippen LogP contribution is -2.00. The van der Waals surface area contributed by atoms with Gasteiger partial charge < -0.3 is 4.74 Å². The average Bonchev–Trinajstić information content (AvgIpc) is 2.26. The molecule has 0 aliphatic rings. The molecular weight excluding hydrogens is 178 g/mol. The lowest BCUT2D eigenvalue weighted by atomic mass is 10.2. The zero-order valence-corrected chi connectivity index (χ0v) is 7.73. The third-order valence-corrected chi connectivity index (χ3v) is 1.62. The Bertz CT molecular complexity index is 387. The molecule has 1 aromatic rings. The summed E-state index contributed by atoms with van der Waals surface area (Å²) in [6, 6.07) is 9.17. The molecular formula is C11H9NO2. The van der Waals surface area contributed by atoms with Crippen LogP contribution in [0.2, 0.25) is 0 Å². The van der Waals surface area contributed by atoms with Gasteiger partial charge in [0.2, 0.25) is 0 Å². The normalized spacial score (nSPS) is 10.4. The van der Waals surface area contributed by atoms with Crippen LogP contribution < -0.4 is 0 Å². The predicted molar refractivity (Wildman–Crippen MR) is 53.0 cm³/mol. The molecule has 0 saturated carbocycles. The van der Waals surface area contributed by atoms with E-state index in [1.807, 2.05) is 30.3 Å². The molecule has 0 aliphatic carbocycles. The van der Waals surface area contributed by atoms with E-state index in [0.717, 1.165) is 5.56 Å². The maximum Gasteiger partial charge on any atom is 0.336 e. The van der Waals surface area contributed by atoms with Gasteiger partial charge in [0.05, 0.1) is 13.7 Å². The van der Waals surface area contributed by atoms with Crippen molar-refractivity contribution in [1.29, 1.82) is 0 Å². The number of nitrogens with zero attached hydrogens (tertiary/aromatic N) is 1. The highest BCUT2D eigenvalue weighted by Crippen LogP contribution is 2.08. The molecule has 0 saturated heterocycles. The Morgan fingerprint density at radius 1 is 1.43 bits per heavy atom. The SMILES string of the molecule is [C-]#[N+]/C(=C/c1ccccc1)C(=O)OC. The van der Waals surface area contributed by atoms with E-state index >= 15 is 0 Å². The Kier molecular flexibility index (Phi) is 3.45. The number of esters is 1. The molecule has 0 bridgehead atoms. The summed E-state index contributed by atoms with van der Waals surface area (Å²) in [7, 11) is 1.26. The Morgan fingerprint density at radius 3 is 2.57 bits per heavy atom. The van der Waals surface area contributed by atoms with E-state index < -0.39 is 5.97 Å². The number of carbonyl (C=O) groups excluding carboxylic acids is 1. The minimum atomic E-state index is -0.608. The Hall–Kier alpha value is -2.08. The number of hydrogen-bond donors (Lipinski definition) is 0. The molecule has 0 heterocycles. The van der Waals surface area contributed by atoms with E-state index in [4.69, 9.17) is 6.57 Å². The number of rotatable bonds is 2. The fourth-order valence-corrected chi connectivity index (χ4v) is 0.949. The molecule has 0 spiro atoms. The predicted octanol–water partition coefficient (Wildman–Crippen LogP) is 2.12. The molecule has 3 nitrogen and oxygen atoms in total. The Morgan fingerprint density at radius 2 is 2.07 bits per heavy atom. The zero-order valence-electron chi connectivity index (χ0n) is 7.73. The van der Waals surface area contributed by atoms with Gasteiger partial charge in [0.25, 0.3) is 5.70 Å². The van der Waals surface area contributed by atoms with E-state index in [2.05, 4.69) is 9.58 Å². The van der Waals surface area contributed by atoms with Crippen molar-refractivity contribution in [2.75, 3.05) is 7.11 Å². The maximum absolute atomic E-state index is 11.0. The highest BCUT2D eigenvalue weighted by atomic mass is 16.5. The average molecular weight is 187 g/mol. The highest BCUT2D eigenvalue weighted by molar-refractivity contribution is 5.95. The topological polar surface area (TPSA) is 30.7 Å². The standard InChI is InChI=1S/C11H9NO2/c1-12-10(11(13)14-2)8-9-6-4-3-5-7-9/h3-8H,2H3/b10-8+. The third-order valence-electron chi connectivity index (χ3n) is 1.62. The van der Waals surface area contributed by atoms with Gasteiger partial charge in [0.15, 0.2) is 0 Å². The van der Waals surface area contributed by atoms with Crippen LogP contribution >= 0.6 is 0 Å². The first kappa shape index (κ1) is 10.0. The van der Waals surface area contributed by atoms with Gasteiger partial charge in [-0.2, -0.15) is 0 Å². The smallest absolute Gasteiger partial charge is 0.336 e. The van der Waals surface area contributed by atoms with E-state index in [1.165, 1.54) is 13.2 Å². The lowest BCUT2D eigenvalue weighted by Gasteiger charge is -1.96. The summed E-state index contributed by atoms with van der Waals surface area (Å²) >= 11 is 0. The molecule has 14 heavy (non-hydrogen) atoms. The molecule has 1 aromatic carbocycles. The minimum Gasteiger partial charge on any atom is -0.474 e. The van der Waals surface area contributed by atoms with Gasteiger partial charge in [-0.15, -0.1) is 0 Å². The first-order chi connectivity index (χ1) is 6.77. The summed E-state index contributed by atoms with van der Waals surface area (Å²) < 4.78 is 4.45. The van der Waals surface area contributed by atoms with Crippen LogP contribution in [0.5, 0.6) is 0 Å². The number of benzene rings is 1. The van der Waals surface area contributed by atoms with Gasteiger partial charge in [-0.05, 0) is 11.6 Å². The second-order valence-corrected chi connectivity index (χ2v) is 2.54. The first-order valence-corrected chi connectivity index (χ1v) is 4.00. The van der Waals surface area contributed by atoms with Crippen LogP contribution in [0.25, 0.3) is 10.9 Å². The van der Waals surface area contributed by atoms with Gasteiger partial charge in [-0.25, -0.2) is 4.85 Å². The van der Waals surface area contributed by atoms with Crippen molar-refractivity contribution in [3.63, 3.8) is 0 Å². The van der Waals surface area contributed by atoms with Crippen molar-refractivity contribution < 1.29 is 9.53 Å². The summed E-state index contributed by atoms with van der Waals surface area (Å²) in [6.45, 7) is 6.80. The van der Waals surface area contributed by atoms with Crippen LogP contribution in [0.4, 0.5) is 0 Å². The molecule has 0 atom stereocenters. The summed E-state index contributed by atoms with van der Waals surface area (Å²) in [5.74, 6) is -0.608. The Labute approximate surface area is 82.4 Å². The molecule has 0 fully saturated rings. The third kappa shape index (κ3) is 2.46. The molecule has 0 radical (unpaired) electrons. The van der Waals surface area contributed by atoms with Crippen LogP contribution in [-0.2, 0) is 9.53 Å². The van der Waals surface area contributed by atoms with Crippen LogP contribution in [-0.4, -0.2) is 13.1 Å². The quantitative estimate of drug-likeness (QED) is 0.403. The number of hydrogen-bond acceptors (Lipinski definition) is 2. The molecule has 0 aliphatic heterocycles. The number of methoxy groups -OCH3 is 1. The summed E-state index contributed by atoms with van der Waals surface area (Å²) in [5, 5.41) is 0. The molecule has 0 amide bonds. The zero-order chi connectivity index (χ0) is 10.4. The minimum absolute atomic E-state index is 0.0151. The number of carbonyl (C=O) groups is 1. The van der Waals surface area contributed by atoms with E-state index in [9.17, 15) is 4.79 Å². The summed E-state index contributed by atoms with van der Waals surface area (Å²) in [4.78, 5) is 14.1.